The summed E-state index contributed by atoms with van der Waals surface area (Å²) in [7, 11) is 0. The van der Waals surface area contributed by atoms with Crippen molar-refractivity contribution < 1.29 is 19.0 Å². The monoisotopic (exact) mass is 273 g/mol. The lowest BCUT2D eigenvalue weighted by molar-refractivity contribution is -0.0141. The van der Waals surface area contributed by atoms with Gasteiger partial charge in [-0.1, -0.05) is 24.3 Å². The van der Waals surface area contributed by atoms with E-state index in [4.69, 9.17) is 4.74 Å². The average Bonchev–Trinajstić information content (AvgIpc) is 2.70. The number of amides is 1. The van der Waals surface area contributed by atoms with Crippen molar-refractivity contribution in [3.63, 3.8) is 0 Å². The Hall–Kier alpha value is -2.40. The van der Waals surface area contributed by atoms with Crippen LogP contribution in [0.4, 0.5) is 4.39 Å². The molecule has 0 aliphatic carbocycles. The van der Waals surface area contributed by atoms with Crippen LogP contribution in [0.1, 0.15) is 22.1 Å². The third-order valence-corrected chi connectivity index (χ3v) is 3.19. The standard InChI is InChI=1S/C15H12FNO3/c16-10-4-3-5-11(8-10)20-9-17-14(18)12-6-1-2-7-13(12)15(17)19/h1-8,14,18H,9H2. The number of halogens is 1. The van der Waals surface area contributed by atoms with Gasteiger partial charge in [0.15, 0.2) is 13.0 Å². The Balaban J connectivity index is 1.75. The van der Waals surface area contributed by atoms with Crippen molar-refractivity contribution in [1.82, 2.24) is 4.90 Å². The first-order valence-electron chi connectivity index (χ1n) is 6.13. The van der Waals surface area contributed by atoms with Crippen LogP contribution in [0.2, 0.25) is 0 Å². The first-order chi connectivity index (χ1) is 9.66. The molecule has 0 aromatic heterocycles. The van der Waals surface area contributed by atoms with Gasteiger partial charge in [0.25, 0.3) is 5.91 Å². The highest BCUT2D eigenvalue weighted by Gasteiger charge is 2.35. The summed E-state index contributed by atoms with van der Waals surface area (Å²) in [5.74, 6) is -0.412. The Kier molecular flexibility index (Phi) is 3.12. The molecule has 20 heavy (non-hydrogen) atoms. The molecule has 1 unspecified atom stereocenters. The minimum Gasteiger partial charge on any atom is -0.473 e. The van der Waals surface area contributed by atoms with Crippen molar-refractivity contribution in [1.29, 1.82) is 0 Å². The molecule has 1 aliphatic rings. The predicted octanol–water partition coefficient (Wildman–Crippen LogP) is 2.31. The van der Waals surface area contributed by atoms with Gasteiger partial charge in [0.05, 0.1) is 0 Å². The summed E-state index contributed by atoms with van der Waals surface area (Å²) in [6.07, 6.45) is -1.03. The number of rotatable bonds is 3. The average molecular weight is 273 g/mol. The number of nitrogens with zero attached hydrogens (tertiary/aromatic N) is 1. The van der Waals surface area contributed by atoms with E-state index in [0.29, 0.717) is 16.9 Å². The van der Waals surface area contributed by atoms with Gasteiger partial charge >= 0.3 is 0 Å². The molecule has 5 heteroatoms. The fraction of sp³-hybridized carbons (Fsp3) is 0.133. The first-order valence-corrected chi connectivity index (χ1v) is 6.13. The van der Waals surface area contributed by atoms with E-state index in [-0.39, 0.29) is 12.6 Å². The first kappa shape index (κ1) is 12.6. The molecule has 1 aliphatic heterocycles. The second kappa shape index (κ2) is 4.94. The molecule has 1 heterocycles. The number of hydrogen-bond donors (Lipinski definition) is 1. The van der Waals surface area contributed by atoms with Gasteiger partial charge < -0.3 is 9.84 Å². The van der Waals surface area contributed by atoms with Crippen LogP contribution in [0.3, 0.4) is 0 Å². The molecule has 3 rings (SSSR count). The quantitative estimate of drug-likeness (QED) is 0.933. The molecule has 0 bridgehead atoms. The van der Waals surface area contributed by atoms with Gasteiger partial charge in [-0.25, -0.2) is 4.39 Å². The van der Waals surface area contributed by atoms with Crippen LogP contribution in [-0.4, -0.2) is 22.6 Å². The maximum atomic E-state index is 13.0. The maximum absolute atomic E-state index is 13.0. The van der Waals surface area contributed by atoms with Gasteiger partial charge in [0.2, 0.25) is 0 Å². The number of aliphatic hydroxyl groups excluding tert-OH is 1. The molecule has 1 N–H and O–H groups in total. The summed E-state index contributed by atoms with van der Waals surface area (Å²) in [6, 6.07) is 12.5. The van der Waals surface area contributed by atoms with Gasteiger partial charge in [-0.05, 0) is 18.2 Å². The Morgan fingerprint density at radius 1 is 1.20 bits per heavy atom. The SMILES string of the molecule is O=C1c2ccccc2C(O)N1COc1cccc(F)c1. The summed E-state index contributed by atoms with van der Waals surface area (Å²) >= 11 is 0. The second-order valence-corrected chi connectivity index (χ2v) is 4.47. The van der Waals surface area contributed by atoms with Crippen LogP contribution in [0.15, 0.2) is 48.5 Å². The van der Waals surface area contributed by atoms with Crippen LogP contribution in [-0.2, 0) is 0 Å². The van der Waals surface area contributed by atoms with E-state index < -0.39 is 12.0 Å². The van der Waals surface area contributed by atoms with E-state index in [1.165, 1.54) is 23.1 Å². The topological polar surface area (TPSA) is 49.8 Å². The minimum atomic E-state index is -1.03. The van der Waals surface area contributed by atoms with Crippen LogP contribution in [0.25, 0.3) is 0 Å². The number of benzene rings is 2. The lowest BCUT2D eigenvalue weighted by Crippen LogP contribution is -2.31. The molecule has 4 nitrogen and oxygen atoms in total. The number of fused-ring (bicyclic) bond motifs is 1. The van der Waals surface area contributed by atoms with Crippen LogP contribution in [0.5, 0.6) is 5.75 Å². The van der Waals surface area contributed by atoms with Gasteiger partial charge in [-0.3, -0.25) is 9.69 Å². The summed E-state index contributed by atoms with van der Waals surface area (Å²) < 4.78 is 18.4. The maximum Gasteiger partial charge on any atom is 0.259 e. The lowest BCUT2D eigenvalue weighted by Gasteiger charge is -2.21. The molecule has 2 aromatic rings. The van der Waals surface area contributed by atoms with Gasteiger partial charge in [0.1, 0.15) is 11.6 Å². The molecule has 0 saturated heterocycles. The zero-order valence-electron chi connectivity index (χ0n) is 10.5. The van der Waals surface area contributed by atoms with Crippen molar-refractivity contribution in [2.24, 2.45) is 0 Å². The number of ether oxygens (including phenoxy) is 1. The second-order valence-electron chi connectivity index (χ2n) is 4.47. The number of carbonyl (C=O) groups excluding carboxylic acids is 1. The minimum absolute atomic E-state index is 0.141. The van der Waals surface area contributed by atoms with Gasteiger partial charge in [-0.2, -0.15) is 0 Å². The molecular weight excluding hydrogens is 261 g/mol. The largest absolute Gasteiger partial charge is 0.473 e. The number of carbonyl (C=O) groups is 1. The summed E-state index contributed by atoms with van der Waals surface area (Å²) in [5, 5.41) is 10.1. The molecular formula is C15H12FNO3. The molecule has 0 spiro atoms. The van der Waals surface area contributed by atoms with Gasteiger partial charge in [-0.15, -0.1) is 0 Å². The van der Waals surface area contributed by atoms with Crippen molar-refractivity contribution in [2.75, 3.05) is 6.73 Å². The highest BCUT2D eigenvalue weighted by molar-refractivity contribution is 5.98. The van der Waals surface area contributed by atoms with Crippen molar-refractivity contribution >= 4 is 5.91 Å². The number of aliphatic hydroxyl groups is 1. The Labute approximate surface area is 115 Å². The third-order valence-electron chi connectivity index (χ3n) is 3.19. The molecule has 1 amide bonds. The third kappa shape index (κ3) is 2.12. The Morgan fingerprint density at radius 2 is 2.00 bits per heavy atom. The number of hydrogen-bond acceptors (Lipinski definition) is 3. The molecule has 0 radical (unpaired) electrons. The zero-order chi connectivity index (χ0) is 14.1. The lowest BCUT2D eigenvalue weighted by atomic mass is 10.1. The fourth-order valence-electron chi connectivity index (χ4n) is 2.18. The van der Waals surface area contributed by atoms with Crippen LogP contribution >= 0.6 is 0 Å². The predicted molar refractivity (Wildman–Crippen MR) is 69.5 cm³/mol. The van der Waals surface area contributed by atoms with Crippen molar-refractivity contribution in [3.8, 4) is 5.75 Å². The fourth-order valence-corrected chi connectivity index (χ4v) is 2.18. The van der Waals surface area contributed by atoms with E-state index in [9.17, 15) is 14.3 Å². The van der Waals surface area contributed by atoms with E-state index >= 15 is 0 Å². The summed E-state index contributed by atoms with van der Waals surface area (Å²) in [5.41, 5.74) is 1.02. The van der Waals surface area contributed by atoms with Crippen LogP contribution < -0.4 is 4.74 Å². The van der Waals surface area contributed by atoms with E-state index in [2.05, 4.69) is 0 Å². The highest BCUT2D eigenvalue weighted by atomic mass is 19.1. The molecule has 0 saturated carbocycles. The Morgan fingerprint density at radius 3 is 2.75 bits per heavy atom. The normalized spacial score (nSPS) is 17.2. The summed E-state index contributed by atoms with van der Waals surface area (Å²) in [6.45, 7) is -0.141. The molecule has 1 atom stereocenters. The van der Waals surface area contributed by atoms with E-state index in [1.54, 1.807) is 30.3 Å². The highest BCUT2D eigenvalue weighted by Crippen LogP contribution is 2.31. The van der Waals surface area contributed by atoms with Crippen LogP contribution in [0, 0.1) is 5.82 Å². The molecule has 2 aromatic carbocycles. The van der Waals surface area contributed by atoms with Crippen molar-refractivity contribution in [3.05, 3.63) is 65.5 Å². The van der Waals surface area contributed by atoms with Crippen molar-refractivity contribution in [2.45, 2.75) is 6.23 Å². The van der Waals surface area contributed by atoms with Gasteiger partial charge in [0, 0.05) is 17.2 Å². The molecule has 0 fully saturated rings. The zero-order valence-corrected chi connectivity index (χ0v) is 10.5. The smallest absolute Gasteiger partial charge is 0.259 e. The van der Waals surface area contributed by atoms with E-state index in [0.717, 1.165) is 0 Å². The summed E-state index contributed by atoms with van der Waals surface area (Å²) in [4.78, 5) is 13.3. The molecule has 102 valence electrons. The van der Waals surface area contributed by atoms with E-state index in [1.807, 2.05) is 0 Å². The Bertz CT molecular complexity index is 659.